The summed E-state index contributed by atoms with van der Waals surface area (Å²) in [6, 6.07) is 0. The van der Waals surface area contributed by atoms with E-state index in [9.17, 15) is 0 Å². The molecule has 3 atom stereocenters. The van der Waals surface area contributed by atoms with Crippen molar-refractivity contribution in [1.82, 2.24) is 0 Å². The maximum atomic E-state index is 5.78. The number of hydrogen-bond acceptors (Lipinski definition) is 4. The molecular weight excluding hydrogens is 332 g/mol. The number of alkyl halides is 2. The maximum absolute atomic E-state index is 5.78. The Labute approximate surface area is 106 Å². The molecule has 0 bridgehead atoms. The number of methoxy groups -OCH3 is 1. The van der Waals surface area contributed by atoms with E-state index in [4.69, 9.17) is 18.9 Å². The molecule has 0 aliphatic carbocycles. The van der Waals surface area contributed by atoms with Crippen molar-refractivity contribution in [2.75, 3.05) is 7.11 Å². The highest BCUT2D eigenvalue weighted by molar-refractivity contribution is 9.25. The summed E-state index contributed by atoms with van der Waals surface area (Å²) in [4.78, 5) is 0. The van der Waals surface area contributed by atoms with Crippen LogP contribution in [0.25, 0.3) is 0 Å². The molecular formula is C9H14Br2O4. The van der Waals surface area contributed by atoms with E-state index in [0.717, 1.165) is 0 Å². The predicted octanol–water partition coefficient (Wildman–Crippen LogP) is 2.34. The van der Waals surface area contributed by atoms with Crippen molar-refractivity contribution in [2.45, 2.75) is 48.0 Å². The third-order valence-corrected chi connectivity index (χ3v) is 3.47. The molecule has 0 aromatic heterocycles. The van der Waals surface area contributed by atoms with Crippen LogP contribution in [-0.2, 0) is 18.9 Å². The Kier molecular flexibility index (Phi) is 3.21. The Morgan fingerprint density at radius 1 is 1.20 bits per heavy atom. The first kappa shape index (κ1) is 12.3. The van der Waals surface area contributed by atoms with Crippen molar-refractivity contribution in [1.29, 1.82) is 0 Å². The van der Waals surface area contributed by atoms with Crippen molar-refractivity contribution < 1.29 is 18.9 Å². The zero-order chi connectivity index (χ0) is 11.3. The number of ether oxygens (including phenoxy) is 4. The molecule has 0 saturated carbocycles. The first-order valence-corrected chi connectivity index (χ1v) is 6.36. The normalized spacial score (nSPS) is 42.6. The van der Waals surface area contributed by atoms with Gasteiger partial charge in [0.1, 0.15) is 6.10 Å². The van der Waals surface area contributed by atoms with Gasteiger partial charge in [-0.05, 0) is 45.7 Å². The third kappa shape index (κ3) is 2.56. The molecule has 3 unspecified atom stereocenters. The minimum atomic E-state index is -0.592. The highest BCUT2D eigenvalue weighted by atomic mass is 79.9. The SMILES string of the molecule is COC1OC(Br)(Br)CC2OC(C)(C)OC21. The predicted molar refractivity (Wildman–Crippen MR) is 60.9 cm³/mol. The number of rotatable bonds is 1. The largest absolute Gasteiger partial charge is 0.353 e. The lowest BCUT2D eigenvalue weighted by Crippen LogP contribution is -2.49. The van der Waals surface area contributed by atoms with Crippen molar-refractivity contribution in [3.05, 3.63) is 0 Å². The molecule has 0 N–H and O–H groups in total. The van der Waals surface area contributed by atoms with E-state index < -0.39 is 15.5 Å². The Hall–Kier alpha value is 0.800. The Bertz CT molecular complexity index is 256. The third-order valence-electron chi connectivity index (χ3n) is 2.45. The van der Waals surface area contributed by atoms with Gasteiger partial charge in [-0.25, -0.2) is 0 Å². The summed E-state index contributed by atoms with van der Waals surface area (Å²) in [5.41, 5.74) is 0. The lowest BCUT2D eigenvalue weighted by molar-refractivity contribution is -0.229. The molecule has 4 nitrogen and oxygen atoms in total. The van der Waals surface area contributed by atoms with E-state index in [0.29, 0.717) is 6.42 Å². The number of hydrogen-bond donors (Lipinski definition) is 0. The van der Waals surface area contributed by atoms with Crippen LogP contribution in [0.2, 0.25) is 0 Å². The zero-order valence-electron chi connectivity index (χ0n) is 8.83. The molecule has 2 aliphatic heterocycles. The van der Waals surface area contributed by atoms with Crippen LogP contribution in [0.3, 0.4) is 0 Å². The molecule has 0 aromatic rings. The van der Waals surface area contributed by atoms with E-state index in [1.165, 1.54) is 0 Å². The van der Waals surface area contributed by atoms with Gasteiger partial charge in [-0.3, -0.25) is 0 Å². The number of halogens is 2. The van der Waals surface area contributed by atoms with Crippen LogP contribution in [0.15, 0.2) is 0 Å². The molecule has 6 heteroatoms. The minimum Gasteiger partial charge on any atom is -0.353 e. The molecule has 2 fully saturated rings. The quantitative estimate of drug-likeness (QED) is 0.683. The van der Waals surface area contributed by atoms with Gasteiger partial charge < -0.3 is 18.9 Å². The van der Waals surface area contributed by atoms with Crippen LogP contribution < -0.4 is 0 Å². The standard InChI is InChI=1S/C9H14Br2O4/c1-8(2)13-5-4-9(10,11)15-7(12-3)6(5)14-8/h5-7H,4H2,1-3H3. The van der Waals surface area contributed by atoms with Crippen LogP contribution in [0.1, 0.15) is 20.3 Å². The van der Waals surface area contributed by atoms with Crippen molar-refractivity contribution in [2.24, 2.45) is 0 Å². The summed E-state index contributed by atoms with van der Waals surface area (Å²) < 4.78 is 21.8. The van der Waals surface area contributed by atoms with E-state index in [1.54, 1.807) is 7.11 Å². The molecule has 0 aromatic carbocycles. The zero-order valence-corrected chi connectivity index (χ0v) is 12.0. The summed E-state index contributed by atoms with van der Waals surface area (Å²) in [5, 5.41) is 0. The van der Waals surface area contributed by atoms with Gasteiger partial charge >= 0.3 is 0 Å². The fourth-order valence-electron chi connectivity index (χ4n) is 1.95. The van der Waals surface area contributed by atoms with E-state index in [2.05, 4.69) is 31.9 Å². The van der Waals surface area contributed by atoms with E-state index in [1.807, 2.05) is 13.8 Å². The van der Waals surface area contributed by atoms with Crippen molar-refractivity contribution in [3.8, 4) is 0 Å². The molecule has 2 aliphatic rings. The summed E-state index contributed by atoms with van der Waals surface area (Å²) in [7, 11) is 1.60. The number of fused-ring (bicyclic) bond motifs is 1. The lowest BCUT2D eigenvalue weighted by Gasteiger charge is -2.37. The first-order valence-electron chi connectivity index (χ1n) is 4.77. The topological polar surface area (TPSA) is 36.9 Å². The second-order valence-electron chi connectivity index (χ2n) is 4.20. The highest BCUT2D eigenvalue weighted by Gasteiger charge is 2.53. The monoisotopic (exact) mass is 344 g/mol. The molecule has 2 rings (SSSR count). The van der Waals surface area contributed by atoms with Gasteiger partial charge in [0, 0.05) is 13.5 Å². The first-order chi connectivity index (χ1) is 6.83. The lowest BCUT2D eigenvalue weighted by atomic mass is 10.1. The fourth-order valence-corrected chi connectivity index (χ4v) is 2.96. The summed E-state index contributed by atoms with van der Waals surface area (Å²) in [6.07, 6.45) is 0.0379. The average molecular weight is 346 g/mol. The molecule has 0 amide bonds. The average Bonchev–Trinajstić information content (AvgIpc) is 2.36. The van der Waals surface area contributed by atoms with Gasteiger partial charge in [0.05, 0.1) is 6.10 Å². The van der Waals surface area contributed by atoms with Crippen molar-refractivity contribution in [3.63, 3.8) is 0 Å². The Balaban J connectivity index is 2.16. The van der Waals surface area contributed by atoms with E-state index >= 15 is 0 Å². The summed E-state index contributed by atoms with van der Waals surface area (Å²) in [6.45, 7) is 3.78. The highest BCUT2D eigenvalue weighted by Crippen LogP contribution is 2.46. The van der Waals surface area contributed by atoms with Gasteiger partial charge in [-0.1, -0.05) is 0 Å². The molecule has 2 heterocycles. The molecule has 0 spiro atoms. The van der Waals surface area contributed by atoms with Gasteiger partial charge in [-0.15, -0.1) is 0 Å². The molecule has 15 heavy (non-hydrogen) atoms. The van der Waals surface area contributed by atoms with Crippen LogP contribution in [0, 0.1) is 0 Å². The summed E-state index contributed by atoms with van der Waals surface area (Å²) >= 11 is 6.85. The van der Waals surface area contributed by atoms with Crippen LogP contribution in [0.4, 0.5) is 0 Å². The molecule has 88 valence electrons. The minimum absolute atomic E-state index is 0.0301. The second kappa shape index (κ2) is 3.92. The molecule has 0 radical (unpaired) electrons. The second-order valence-corrected chi connectivity index (χ2v) is 7.83. The van der Waals surface area contributed by atoms with Crippen LogP contribution >= 0.6 is 31.9 Å². The van der Waals surface area contributed by atoms with Gasteiger partial charge in [0.15, 0.2) is 15.5 Å². The smallest absolute Gasteiger partial charge is 0.188 e. The van der Waals surface area contributed by atoms with Gasteiger partial charge in [-0.2, -0.15) is 0 Å². The summed E-state index contributed by atoms with van der Waals surface area (Å²) in [5.74, 6) is -0.574. The van der Waals surface area contributed by atoms with Crippen LogP contribution in [-0.4, -0.2) is 34.8 Å². The molecule has 2 saturated heterocycles. The van der Waals surface area contributed by atoms with Crippen molar-refractivity contribution >= 4 is 31.9 Å². The Morgan fingerprint density at radius 2 is 1.87 bits per heavy atom. The van der Waals surface area contributed by atoms with Gasteiger partial charge in [0.2, 0.25) is 0 Å². The van der Waals surface area contributed by atoms with Crippen LogP contribution in [0.5, 0.6) is 0 Å². The van der Waals surface area contributed by atoms with Gasteiger partial charge in [0.25, 0.3) is 0 Å². The fraction of sp³-hybridized carbons (Fsp3) is 1.00. The maximum Gasteiger partial charge on any atom is 0.188 e. The Morgan fingerprint density at radius 3 is 2.47 bits per heavy atom. The van der Waals surface area contributed by atoms with E-state index in [-0.39, 0.29) is 12.2 Å².